The van der Waals surface area contributed by atoms with Crippen LogP contribution in [0.5, 0.6) is 0 Å². The van der Waals surface area contributed by atoms with Gasteiger partial charge in [-0.25, -0.2) is 4.79 Å². The fraction of sp³-hybridized carbons (Fsp3) is 0.250. The normalized spacial score (nSPS) is 10.8. The number of rotatable bonds is 2. The van der Waals surface area contributed by atoms with E-state index in [1.54, 1.807) is 23.6 Å². The minimum absolute atomic E-state index is 0.339. The lowest BCUT2D eigenvalue weighted by molar-refractivity contribution is 0.0516. The van der Waals surface area contributed by atoms with Gasteiger partial charge in [0.1, 0.15) is 5.69 Å². The summed E-state index contributed by atoms with van der Waals surface area (Å²) in [6, 6.07) is 5.41. The number of carbonyl (C=O) groups excluding carboxylic acids is 1. The first-order valence-electron chi connectivity index (χ1n) is 5.16. The van der Waals surface area contributed by atoms with E-state index in [4.69, 9.17) is 16.3 Å². The van der Waals surface area contributed by atoms with Crippen molar-refractivity contribution < 1.29 is 9.53 Å². The Kier molecular flexibility index (Phi) is 3.45. The first-order valence-corrected chi connectivity index (χ1v) is 6.34. The summed E-state index contributed by atoms with van der Waals surface area (Å²) in [5.74, 6) is -0.339. The Hall–Kier alpha value is -1.00. The average Bonchev–Trinajstić information content (AvgIpc) is 2.63. The van der Waals surface area contributed by atoms with Crippen LogP contribution in [0.2, 0.25) is 5.02 Å². The number of hydrogen-bond donors (Lipinski definition) is 0. The molecule has 0 aliphatic heterocycles. The van der Waals surface area contributed by atoms with Gasteiger partial charge in [0.25, 0.3) is 0 Å². The van der Waals surface area contributed by atoms with Gasteiger partial charge in [-0.15, -0.1) is 0 Å². The average molecular weight is 317 g/mol. The number of benzene rings is 1. The molecule has 0 spiro atoms. The van der Waals surface area contributed by atoms with E-state index < -0.39 is 0 Å². The molecule has 0 unspecified atom stereocenters. The number of aryl methyl sites for hydroxylation is 1. The number of ether oxygens (including phenoxy) is 1. The maximum Gasteiger partial charge on any atom is 0.354 e. The van der Waals surface area contributed by atoms with Crippen LogP contribution in [0.25, 0.3) is 10.9 Å². The quantitative estimate of drug-likeness (QED) is 0.790. The summed E-state index contributed by atoms with van der Waals surface area (Å²) in [5, 5.41) is 1.46. The summed E-state index contributed by atoms with van der Waals surface area (Å²) in [4.78, 5) is 11.8. The van der Waals surface area contributed by atoms with Crippen molar-refractivity contribution in [3.8, 4) is 0 Å². The maximum absolute atomic E-state index is 11.8. The van der Waals surface area contributed by atoms with Crippen LogP contribution in [0, 0.1) is 0 Å². The molecule has 0 bridgehead atoms. The lowest BCUT2D eigenvalue weighted by Crippen LogP contribution is -2.09. The Bertz CT molecular complexity index is 592. The van der Waals surface area contributed by atoms with Gasteiger partial charge < -0.3 is 9.30 Å². The first kappa shape index (κ1) is 12.5. The molecule has 5 heteroatoms. The van der Waals surface area contributed by atoms with Gasteiger partial charge in [-0.1, -0.05) is 11.6 Å². The third kappa shape index (κ3) is 2.07. The predicted molar refractivity (Wildman–Crippen MR) is 71.6 cm³/mol. The predicted octanol–water partition coefficient (Wildman–Crippen LogP) is 3.77. The number of esters is 1. The summed E-state index contributed by atoms with van der Waals surface area (Å²) >= 11 is 9.56. The molecule has 0 radical (unpaired) electrons. The van der Waals surface area contributed by atoms with Crippen molar-refractivity contribution in [1.29, 1.82) is 0 Å². The summed E-state index contributed by atoms with van der Waals surface area (Å²) in [6.07, 6.45) is 0. The van der Waals surface area contributed by atoms with Crippen LogP contribution in [0.3, 0.4) is 0 Å². The van der Waals surface area contributed by atoms with Gasteiger partial charge in [-0.3, -0.25) is 0 Å². The van der Waals surface area contributed by atoms with Crippen LogP contribution in [-0.4, -0.2) is 17.1 Å². The molecule has 17 heavy (non-hydrogen) atoms. The topological polar surface area (TPSA) is 31.2 Å². The lowest BCUT2D eigenvalue weighted by Gasteiger charge is -2.04. The Balaban J connectivity index is 2.68. The molecule has 0 amide bonds. The standard InChI is InChI=1S/C12H11BrClNO2/c1-3-17-12(16)10-6-7-9(14)5-4-8(13)11(7)15(10)2/h4-6H,3H2,1-2H3. The van der Waals surface area contributed by atoms with Gasteiger partial charge in [0, 0.05) is 16.9 Å². The SMILES string of the molecule is CCOC(=O)c1cc2c(Cl)ccc(Br)c2n1C. The second-order valence-electron chi connectivity index (χ2n) is 3.60. The smallest absolute Gasteiger partial charge is 0.354 e. The molecular formula is C12H11BrClNO2. The molecule has 0 aliphatic carbocycles. The molecule has 0 atom stereocenters. The highest BCUT2D eigenvalue weighted by Gasteiger charge is 2.17. The van der Waals surface area contributed by atoms with Crippen molar-refractivity contribution in [1.82, 2.24) is 4.57 Å². The van der Waals surface area contributed by atoms with Crippen LogP contribution in [0.15, 0.2) is 22.7 Å². The molecule has 0 saturated heterocycles. The van der Waals surface area contributed by atoms with Crippen LogP contribution < -0.4 is 0 Å². The number of nitrogens with zero attached hydrogens (tertiary/aromatic N) is 1. The molecule has 0 saturated carbocycles. The molecule has 1 aromatic heterocycles. The number of fused-ring (bicyclic) bond motifs is 1. The Morgan fingerprint density at radius 2 is 2.24 bits per heavy atom. The minimum atomic E-state index is -0.339. The van der Waals surface area contributed by atoms with E-state index in [-0.39, 0.29) is 5.97 Å². The highest BCUT2D eigenvalue weighted by Crippen LogP contribution is 2.32. The molecule has 1 aromatic carbocycles. The number of carbonyl (C=O) groups is 1. The summed E-state index contributed by atoms with van der Waals surface area (Å²) in [6.45, 7) is 2.14. The van der Waals surface area contributed by atoms with Gasteiger partial charge in [0.15, 0.2) is 0 Å². The Labute approximate surface area is 112 Å². The third-order valence-electron chi connectivity index (χ3n) is 2.58. The molecule has 2 aromatic rings. The fourth-order valence-electron chi connectivity index (χ4n) is 1.79. The van der Waals surface area contributed by atoms with Crippen molar-refractivity contribution in [3.63, 3.8) is 0 Å². The maximum atomic E-state index is 11.8. The molecule has 0 aliphatic rings. The van der Waals surface area contributed by atoms with Crippen molar-refractivity contribution in [2.45, 2.75) is 6.92 Å². The van der Waals surface area contributed by atoms with E-state index in [9.17, 15) is 4.79 Å². The zero-order chi connectivity index (χ0) is 12.6. The van der Waals surface area contributed by atoms with Crippen LogP contribution in [0.1, 0.15) is 17.4 Å². The van der Waals surface area contributed by atoms with Crippen molar-refractivity contribution in [3.05, 3.63) is 33.4 Å². The largest absolute Gasteiger partial charge is 0.461 e. The van der Waals surface area contributed by atoms with Crippen LogP contribution in [-0.2, 0) is 11.8 Å². The van der Waals surface area contributed by atoms with E-state index in [0.717, 1.165) is 15.4 Å². The molecule has 90 valence electrons. The molecule has 0 N–H and O–H groups in total. The summed E-state index contributed by atoms with van der Waals surface area (Å²) < 4.78 is 7.68. The minimum Gasteiger partial charge on any atom is -0.461 e. The fourth-order valence-corrected chi connectivity index (χ4v) is 2.61. The zero-order valence-electron chi connectivity index (χ0n) is 9.46. The molecular weight excluding hydrogens is 305 g/mol. The number of aromatic nitrogens is 1. The monoisotopic (exact) mass is 315 g/mol. The first-order chi connectivity index (χ1) is 8.06. The van der Waals surface area contributed by atoms with Gasteiger partial charge >= 0.3 is 5.97 Å². The van der Waals surface area contributed by atoms with Gasteiger partial charge in [0.2, 0.25) is 0 Å². The van der Waals surface area contributed by atoms with Gasteiger partial charge in [-0.05, 0) is 41.1 Å². The summed E-state index contributed by atoms with van der Waals surface area (Å²) in [5.41, 5.74) is 1.39. The lowest BCUT2D eigenvalue weighted by atomic mass is 10.2. The zero-order valence-corrected chi connectivity index (χ0v) is 11.8. The second-order valence-corrected chi connectivity index (χ2v) is 4.86. The second kappa shape index (κ2) is 4.70. The molecule has 2 rings (SSSR count). The summed E-state index contributed by atoms with van der Waals surface area (Å²) in [7, 11) is 1.82. The van der Waals surface area contributed by atoms with E-state index >= 15 is 0 Å². The molecule has 3 nitrogen and oxygen atoms in total. The van der Waals surface area contributed by atoms with Crippen molar-refractivity contribution >= 4 is 44.4 Å². The van der Waals surface area contributed by atoms with E-state index in [2.05, 4.69) is 15.9 Å². The Morgan fingerprint density at radius 3 is 2.82 bits per heavy atom. The van der Waals surface area contributed by atoms with E-state index in [0.29, 0.717) is 17.3 Å². The van der Waals surface area contributed by atoms with E-state index in [1.165, 1.54) is 0 Å². The van der Waals surface area contributed by atoms with E-state index in [1.807, 2.05) is 13.1 Å². The number of halogens is 2. The Morgan fingerprint density at radius 1 is 1.53 bits per heavy atom. The number of hydrogen-bond acceptors (Lipinski definition) is 2. The van der Waals surface area contributed by atoms with Gasteiger partial charge in [-0.2, -0.15) is 0 Å². The van der Waals surface area contributed by atoms with Crippen LogP contribution in [0.4, 0.5) is 0 Å². The van der Waals surface area contributed by atoms with Crippen LogP contribution >= 0.6 is 27.5 Å². The molecule has 0 fully saturated rings. The highest BCUT2D eigenvalue weighted by atomic mass is 79.9. The molecule has 1 heterocycles. The van der Waals surface area contributed by atoms with Gasteiger partial charge in [0.05, 0.1) is 17.1 Å². The third-order valence-corrected chi connectivity index (χ3v) is 3.55. The van der Waals surface area contributed by atoms with Crippen molar-refractivity contribution in [2.75, 3.05) is 6.61 Å². The highest BCUT2D eigenvalue weighted by molar-refractivity contribution is 9.10. The van der Waals surface area contributed by atoms with Crippen molar-refractivity contribution in [2.24, 2.45) is 7.05 Å².